The van der Waals surface area contributed by atoms with Crippen molar-refractivity contribution in [3.8, 4) is 0 Å². The average molecular weight is 498 g/mol. The lowest BCUT2D eigenvalue weighted by Crippen LogP contribution is -2.51. The number of rotatable bonds is 11. The number of nitrogens with zero attached hydrogens (tertiary/aromatic N) is 3. The summed E-state index contributed by atoms with van der Waals surface area (Å²) in [6.45, 7) is 5.67. The van der Waals surface area contributed by atoms with E-state index in [0.717, 1.165) is 88.7 Å². The SMILES string of the molecule is O=C(O)C(CCN1CC[C@@H](CCc2ccc3c(n2)NCCC3)C1)NC(=O)[C@@H]1CCCN1CC1CCC1. The molecule has 0 aromatic carbocycles. The number of fused-ring (bicyclic) bond motifs is 1. The van der Waals surface area contributed by atoms with Gasteiger partial charge in [-0.15, -0.1) is 0 Å². The van der Waals surface area contributed by atoms with Gasteiger partial charge in [0.1, 0.15) is 11.9 Å². The second-order valence-electron chi connectivity index (χ2n) is 11.5. The van der Waals surface area contributed by atoms with Crippen molar-refractivity contribution < 1.29 is 14.7 Å². The molecule has 198 valence electrons. The molecule has 3 N–H and O–H groups in total. The molecule has 3 aliphatic heterocycles. The second-order valence-corrected chi connectivity index (χ2v) is 11.5. The number of aromatic nitrogens is 1. The fourth-order valence-electron chi connectivity index (χ4n) is 6.40. The second kappa shape index (κ2) is 11.9. The lowest BCUT2D eigenvalue weighted by atomic mass is 9.85. The molecular formula is C28H43N5O3. The highest BCUT2D eigenvalue weighted by Crippen LogP contribution is 2.30. The minimum Gasteiger partial charge on any atom is -0.480 e. The maximum absolute atomic E-state index is 13.0. The number of aryl methyl sites for hydroxylation is 2. The number of carbonyl (C=O) groups excluding carboxylic acids is 1. The molecule has 1 aromatic rings. The number of anilines is 1. The first kappa shape index (κ1) is 25.5. The van der Waals surface area contributed by atoms with Gasteiger partial charge < -0.3 is 20.6 Å². The highest BCUT2D eigenvalue weighted by atomic mass is 16.4. The van der Waals surface area contributed by atoms with Crippen LogP contribution in [0.1, 0.15) is 69.0 Å². The molecule has 2 saturated heterocycles. The maximum Gasteiger partial charge on any atom is 0.326 e. The number of aliphatic carboxylic acids is 1. The molecule has 0 radical (unpaired) electrons. The molecule has 4 heterocycles. The number of carboxylic acids is 1. The number of amides is 1. The van der Waals surface area contributed by atoms with Crippen LogP contribution in [0.4, 0.5) is 5.82 Å². The van der Waals surface area contributed by atoms with Gasteiger partial charge in [0.25, 0.3) is 0 Å². The summed E-state index contributed by atoms with van der Waals surface area (Å²) < 4.78 is 0. The molecule has 1 saturated carbocycles. The van der Waals surface area contributed by atoms with E-state index in [1.165, 1.54) is 31.2 Å². The first-order chi connectivity index (χ1) is 17.5. The minimum absolute atomic E-state index is 0.0921. The van der Waals surface area contributed by atoms with E-state index >= 15 is 0 Å². The minimum atomic E-state index is -0.922. The van der Waals surface area contributed by atoms with Crippen LogP contribution < -0.4 is 10.6 Å². The molecule has 36 heavy (non-hydrogen) atoms. The topological polar surface area (TPSA) is 97.8 Å². The largest absolute Gasteiger partial charge is 0.480 e. The number of nitrogens with one attached hydrogen (secondary N) is 2. The first-order valence-corrected chi connectivity index (χ1v) is 14.3. The van der Waals surface area contributed by atoms with Gasteiger partial charge in [-0.2, -0.15) is 0 Å². The quantitative estimate of drug-likeness (QED) is 0.432. The van der Waals surface area contributed by atoms with Crippen LogP contribution in [0, 0.1) is 11.8 Å². The van der Waals surface area contributed by atoms with Gasteiger partial charge in [0.2, 0.25) is 5.91 Å². The van der Waals surface area contributed by atoms with E-state index in [9.17, 15) is 14.7 Å². The molecule has 5 rings (SSSR count). The Hall–Kier alpha value is -2.19. The Balaban J connectivity index is 1.05. The van der Waals surface area contributed by atoms with Crippen LogP contribution in [0.25, 0.3) is 0 Å². The van der Waals surface area contributed by atoms with Crippen molar-refractivity contribution in [1.82, 2.24) is 20.1 Å². The third-order valence-electron chi connectivity index (χ3n) is 8.86. The van der Waals surface area contributed by atoms with Crippen molar-refractivity contribution in [3.05, 3.63) is 23.4 Å². The van der Waals surface area contributed by atoms with E-state index in [2.05, 4.69) is 32.6 Å². The normalized spacial score (nSPS) is 25.7. The Morgan fingerprint density at radius 3 is 2.81 bits per heavy atom. The summed E-state index contributed by atoms with van der Waals surface area (Å²) in [5.41, 5.74) is 2.49. The van der Waals surface area contributed by atoms with Crippen molar-refractivity contribution in [2.24, 2.45) is 11.8 Å². The Morgan fingerprint density at radius 1 is 1.11 bits per heavy atom. The van der Waals surface area contributed by atoms with Gasteiger partial charge >= 0.3 is 5.97 Å². The Morgan fingerprint density at radius 2 is 2.00 bits per heavy atom. The molecular weight excluding hydrogens is 454 g/mol. The molecule has 1 aromatic heterocycles. The van der Waals surface area contributed by atoms with Gasteiger partial charge in [-0.25, -0.2) is 9.78 Å². The fraction of sp³-hybridized carbons (Fsp3) is 0.750. The van der Waals surface area contributed by atoms with Crippen molar-refractivity contribution in [1.29, 1.82) is 0 Å². The van der Waals surface area contributed by atoms with E-state index in [-0.39, 0.29) is 11.9 Å². The van der Waals surface area contributed by atoms with E-state index in [0.29, 0.717) is 18.9 Å². The van der Waals surface area contributed by atoms with Crippen LogP contribution in [0.5, 0.6) is 0 Å². The van der Waals surface area contributed by atoms with Crippen LogP contribution in [-0.2, 0) is 22.4 Å². The van der Waals surface area contributed by atoms with Crippen LogP contribution in [0.2, 0.25) is 0 Å². The van der Waals surface area contributed by atoms with Gasteiger partial charge in [0.05, 0.1) is 6.04 Å². The molecule has 0 bridgehead atoms. The third kappa shape index (κ3) is 6.38. The summed E-state index contributed by atoms with van der Waals surface area (Å²) in [7, 11) is 0. The zero-order chi connectivity index (χ0) is 24.9. The summed E-state index contributed by atoms with van der Waals surface area (Å²) in [5.74, 6) is 1.39. The predicted octanol–water partition coefficient (Wildman–Crippen LogP) is 2.92. The van der Waals surface area contributed by atoms with Gasteiger partial charge in [0, 0.05) is 31.9 Å². The molecule has 8 nitrogen and oxygen atoms in total. The van der Waals surface area contributed by atoms with Crippen LogP contribution in [-0.4, -0.2) is 83.1 Å². The molecule has 3 atom stereocenters. The van der Waals surface area contributed by atoms with Gasteiger partial charge in [-0.1, -0.05) is 12.5 Å². The molecule has 8 heteroatoms. The highest BCUT2D eigenvalue weighted by Gasteiger charge is 2.35. The fourth-order valence-corrected chi connectivity index (χ4v) is 6.40. The van der Waals surface area contributed by atoms with Gasteiger partial charge in [-0.3, -0.25) is 9.69 Å². The number of carboxylic acid groups (broad SMARTS) is 1. The number of carbonyl (C=O) groups is 2. The highest BCUT2D eigenvalue weighted by molar-refractivity contribution is 5.87. The van der Waals surface area contributed by atoms with Gasteiger partial charge in [0.15, 0.2) is 0 Å². The van der Waals surface area contributed by atoms with E-state index in [1.807, 2.05) is 0 Å². The molecule has 4 aliphatic rings. The lowest BCUT2D eigenvalue weighted by Gasteiger charge is -2.33. The Kier molecular flexibility index (Phi) is 8.42. The Bertz CT molecular complexity index is 920. The maximum atomic E-state index is 13.0. The third-order valence-corrected chi connectivity index (χ3v) is 8.86. The van der Waals surface area contributed by atoms with Crippen molar-refractivity contribution >= 4 is 17.7 Å². The van der Waals surface area contributed by atoms with Crippen LogP contribution in [0.3, 0.4) is 0 Å². The van der Waals surface area contributed by atoms with Crippen molar-refractivity contribution in [3.63, 3.8) is 0 Å². The Labute approximate surface area is 215 Å². The first-order valence-electron chi connectivity index (χ1n) is 14.3. The number of pyridine rings is 1. The summed E-state index contributed by atoms with van der Waals surface area (Å²) in [5, 5.41) is 16.1. The van der Waals surface area contributed by atoms with E-state index in [4.69, 9.17) is 4.98 Å². The van der Waals surface area contributed by atoms with Crippen molar-refractivity contribution in [2.45, 2.75) is 82.7 Å². The summed E-state index contributed by atoms with van der Waals surface area (Å²) in [6.07, 6.45) is 11.7. The zero-order valence-corrected chi connectivity index (χ0v) is 21.6. The number of likely N-dealkylation sites (tertiary alicyclic amines) is 2. The lowest BCUT2D eigenvalue weighted by molar-refractivity contribution is -0.142. The summed E-state index contributed by atoms with van der Waals surface area (Å²) in [4.78, 5) is 34.4. The summed E-state index contributed by atoms with van der Waals surface area (Å²) in [6, 6.07) is 3.44. The number of hydrogen-bond donors (Lipinski definition) is 3. The van der Waals surface area contributed by atoms with Gasteiger partial charge in [-0.05, 0) is 101 Å². The number of hydrogen-bond acceptors (Lipinski definition) is 6. The molecule has 1 unspecified atom stereocenters. The zero-order valence-electron chi connectivity index (χ0n) is 21.6. The summed E-state index contributed by atoms with van der Waals surface area (Å²) >= 11 is 0. The predicted molar refractivity (Wildman–Crippen MR) is 140 cm³/mol. The van der Waals surface area contributed by atoms with E-state index in [1.54, 1.807) is 0 Å². The molecule has 3 fully saturated rings. The van der Waals surface area contributed by atoms with E-state index < -0.39 is 12.0 Å². The monoisotopic (exact) mass is 497 g/mol. The smallest absolute Gasteiger partial charge is 0.326 e. The standard InChI is InChI=1S/C28H43N5O3/c34-27(25-7-3-15-33(25)19-20-4-1-5-20)31-24(28(35)36)13-17-32-16-12-21(18-32)8-10-23-11-9-22-6-2-14-29-26(22)30-23/h9,11,20-21,24-25H,1-8,10,12-19H2,(H,29,30)(H,31,34)(H,35,36)/t21-,24?,25+/m1/s1. The van der Waals surface area contributed by atoms with Crippen LogP contribution in [0.15, 0.2) is 12.1 Å². The van der Waals surface area contributed by atoms with Crippen LogP contribution >= 0.6 is 0 Å². The average Bonchev–Trinajstić information content (AvgIpc) is 3.51. The molecule has 1 amide bonds. The molecule has 0 spiro atoms. The molecule has 1 aliphatic carbocycles. The van der Waals surface area contributed by atoms with Crippen molar-refractivity contribution in [2.75, 3.05) is 44.6 Å².